The molecule has 6 rings (SSSR count). The third-order valence-electron chi connectivity index (χ3n) is 7.70. The zero-order chi connectivity index (χ0) is 23.4. The van der Waals surface area contributed by atoms with Crippen molar-refractivity contribution in [1.29, 1.82) is 0 Å². The lowest BCUT2D eigenvalue weighted by atomic mass is 9.87. The molecule has 0 radical (unpaired) electrons. The summed E-state index contributed by atoms with van der Waals surface area (Å²) in [6.07, 6.45) is 9.72. The number of fused-ring (bicyclic) bond motifs is 2. The zero-order valence-corrected chi connectivity index (χ0v) is 20.3. The number of nitrogens with zero attached hydrogens (tertiary/aromatic N) is 2. The van der Waals surface area contributed by atoms with Gasteiger partial charge >= 0.3 is 5.97 Å². The van der Waals surface area contributed by atoms with Gasteiger partial charge in [-0.05, 0) is 87.7 Å². The Hall–Kier alpha value is -2.64. The smallest absolute Gasteiger partial charge is 0.341 e. The van der Waals surface area contributed by atoms with Crippen LogP contribution in [-0.4, -0.2) is 47.3 Å². The van der Waals surface area contributed by atoms with Crippen LogP contribution in [0.3, 0.4) is 0 Å². The monoisotopic (exact) mass is 478 g/mol. The van der Waals surface area contributed by atoms with Crippen LogP contribution in [0.5, 0.6) is 5.75 Å². The minimum atomic E-state index is -1.18. The zero-order valence-electron chi connectivity index (χ0n) is 19.5. The largest absolute Gasteiger partial charge is 0.494 e. The van der Waals surface area contributed by atoms with Crippen molar-refractivity contribution in [3.63, 3.8) is 0 Å². The van der Waals surface area contributed by atoms with E-state index in [0.29, 0.717) is 17.1 Å². The number of benzene rings is 1. The summed E-state index contributed by atoms with van der Waals surface area (Å²) < 4.78 is 7.91. The van der Waals surface area contributed by atoms with Crippen molar-refractivity contribution < 1.29 is 14.6 Å². The van der Waals surface area contributed by atoms with Gasteiger partial charge in [-0.25, -0.2) is 4.79 Å². The molecule has 2 aromatic heterocycles. The third-order valence-corrected chi connectivity index (χ3v) is 8.95. The quantitative estimate of drug-likeness (QED) is 0.521. The number of thiophene rings is 1. The van der Waals surface area contributed by atoms with Gasteiger partial charge in [-0.1, -0.05) is 0 Å². The van der Waals surface area contributed by atoms with Crippen LogP contribution in [0.1, 0.15) is 71.3 Å². The molecule has 2 fully saturated rings. The summed E-state index contributed by atoms with van der Waals surface area (Å²) in [5.74, 6) is 0.0773. The lowest BCUT2D eigenvalue weighted by molar-refractivity contribution is 0.0695. The molecule has 1 atom stereocenters. The number of aryl methyl sites for hydroxylation is 1. The third kappa shape index (κ3) is 3.66. The van der Waals surface area contributed by atoms with Gasteiger partial charge < -0.3 is 19.3 Å². The molecule has 7 heteroatoms. The van der Waals surface area contributed by atoms with Gasteiger partial charge in [-0.3, -0.25) is 4.79 Å². The average molecular weight is 479 g/mol. The molecule has 1 unspecified atom stereocenters. The number of aromatic nitrogens is 1. The fraction of sp³-hybridized carbons (Fsp3) is 0.481. The van der Waals surface area contributed by atoms with Crippen molar-refractivity contribution in [3.05, 3.63) is 50.6 Å². The summed E-state index contributed by atoms with van der Waals surface area (Å²) in [6.45, 7) is 3.59. The van der Waals surface area contributed by atoms with Gasteiger partial charge in [-0.15, -0.1) is 11.3 Å². The highest BCUT2D eigenvalue weighted by atomic mass is 32.1. The Bertz CT molecular complexity index is 1330. The number of methoxy groups -OCH3 is 1. The second kappa shape index (κ2) is 8.54. The molecule has 0 bridgehead atoms. The van der Waals surface area contributed by atoms with Crippen molar-refractivity contribution in [1.82, 2.24) is 9.47 Å². The van der Waals surface area contributed by atoms with E-state index in [1.807, 2.05) is 22.0 Å². The highest BCUT2D eigenvalue weighted by Crippen LogP contribution is 2.47. The predicted octanol–water partition coefficient (Wildman–Crippen LogP) is 5.29. The summed E-state index contributed by atoms with van der Waals surface area (Å²) in [5, 5.41) is 10.0. The van der Waals surface area contributed by atoms with E-state index in [9.17, 15) is 14.7 Å². The number of carboxylic acid groups (broad SMARTS) is 1. The minimum absolute atomic E-state index is 0.175. The summed E-state index contributed by atoms with van der Waals surface area (Å²) in [6, 6.07) is 6.31. The molecule has 6 nitrogen and oxygen atoms in total. The van der Waals surface area contributed by atoms with Crippen LogP contribution in [0.4, 0.5) is 0 Å². The SMILES string of the molecule is COc1c(-c2cc3c(s2)CCCC3CN2CCCC2)ccc2c(=O)c(C(=O)O)cn(C3CC3)c12. The van der Waals surface area contributed by atoms with E-state index in [1.54, 1.807) is 13.2 Å². The van der Waals surface area contributed by atoms with E-state index in [0.717, 1.165) is 36.9 Å². The summed E-state index contributed by atoms with van der Waals surface area (Å²) >= 11 is 1.85. The molecule has 3 aromatic rings. The molecule has 3 heterocycles. The number of pyridine rings is 1. The molecule has 2 aliphatic carbocycles. The molecule has 1 saturated carbocycles. The Labute approximate surface area is 202 Å². The van der Waals surface area contributed by atoms with E-state index in [-0.39, 0.29) is 11.6 Å². The molecule has 3 aliphatic rings. The lowest BCUT2D eigenvalue weighted by Gasteiger charge is -2.27. The first-order chi connectivity index (χ1) is 16.5. The van der Waals surface area contributed by atoms with Crippen LogP contribution in [0.25, 0.3) is 21.3 Å². The van der Waals surface area contributed by atoms with Crippen molar-refractivity contribution >= 4 is 28.2 Å². The van der Waals surface area contributed by atoms with Crippen LogP contribution < -0.4 is 10.2 Å². The number of hydrogen-bond acceptors (Lipinski definition) is 5. The summed E-state index contributed by atoms with van der Waals surface area (Å²) in [7, 11) is 1.65. The second-order valence-electron chi connectivity index (χ2n) is 9.94. The first-order valence-corrected chi connectivity index (χ1v) is 13.2. The first-order valence-electron chi connectivity index (χ1n) is 12.4. The van der Waals surface area contributed by atoms with E-state index in [1.165, 1.54) is 60.3 Å². The van der Waals surface area contributed by atoms with Crippen LogP contribution in [0.2, 0.25) is 0 Å². The van der Waals surface area contributed by atoms with Crippen molar-refractivity contribution in [2.24, 2.45) is 0 Å². The molecule has 178 valence electrons. The molecule has 1 aliphatic heterocycles. The maximum atomic E-state index is 13.0. The Kier molecular flexibility index (Phi) is 5.49. The molecule has 34 heavy (non-hydrogen) atoms. The van der Waals surface area contributed by atoms with Crippen LogP contribution in [0.15, 0.2) is 29.2 Å². The number of likely N-dealkylation sites (tertiary alicyclic amines) is 1. The van der Waals surface area contributed by atoms with E-state index < -0.39 is 11.4 Å². The van der Waals surface area contributed by atoms with E-state index in [2.05, 4.69) is 11.0 Å². The van der Waals surface area contributed by atoms with Gasteiger partial charge in [0, 0.05) is 34.1 Å². The molecular formula is C27H30N2O4S. The second-order valence-corrected chi connectivity index (χ2v) is 11.1. The Morgan fingerprint density at radius 2 is 1.97 bits per heavy atom. The van der Waals surface area contributed by atoms with Gasteiger partial charge in [0.15, 0.2) is 5.75 Å². The first kappa shape index (κ1) is 21.9. The number of ether oxygens (including phenoxy) is 1. The number of carbonyl (C=O) groups is 1. The topological polar surface area (TPSA) is 71.8 Å². The molecule has 1 saturated heterocycles. The van der Waals surface area contributed by atoms with E-state index in [4.69, 9.17) is 4.74 Å². The maximum Gasteiger partial charge on any atom is 0.341 e. The number of hydrogen-bond donors (Lipinski definition) is 1. The minimum Gasteiger partial charge on any atom is -0.494 e. The highest BCUT2D eigenvalue weighted by Gasteiger charge is 2.31. The van der Waals surface area contributed by atoms with Crippen LogP contribution in [-0.2, 0) is 6.42 Å². The lowest BCUT2D eigenvalue weighted by Crippen LogP contribution is -2.27. The summed E-state index contributed by atoms with van der Waals surface area (Å²) in [5.41, 5.74) is 2.58. The molecule has 0 amide bonds. The number of carboxylic acids is 1. The summed E-state index contributed by atoms with van der Waals surface area (Å²) in [4.78, 5) is 30.0. The fourth-order valence-corrected chi connectivity index (χ4v) is 7.17. The van der Waals surface area contributed by atoms with Gasteiger partial charge in [0.2, 0.25) is 5.43 Å². The average Bonchev–Trinajstić information content (AvgIpc) is 3.36. The Morgan fingerprint density at radius 1 is 1.18 bits per heavy atom. The maximum absolute atomic E-state index is 13.0. The Balaban J connectivity index is 1.48. The normalized spacial score (nSPS) is 20.6. The highest BCUT2D eigenvalue weighted by molar-refractivity contribution is 7.15. The van der Waals surface area contributed by atoms with Crippen molar-refractivity contribution in [2.45, 2.75) is 56.9 Å². The van der Waals surface area contributed by atoms with Gasteiger partial charge in [0.25, 0.3) is 0 Å². The van der Waals surface area contributed by atoms with E-state index >= 15 is 0 Å². The molecule has 1 aromatic carbocycles. The van der Waals surface area contributed by atoms with Crippen LogP contribution >= 0.6 is 11.3 Å². The van der Waals surface area contributed by atoms with Gasteiger partial charge in [-0.2, -0.15) is 0 Å². The fourth-order valence-electron chi connectivity index (χ4n) is 5.86. The number of rotatable bonds is 6. The molecule has 1 N–H and O–H groups in total. The van der Waals surface area contributed by atoms with Crippen molar-refractivity contribution in [2.75, 3.05) is 26.7 Å². The number of aromatic carboxylic acids is 1. The predicted molar refractivity (Wildman–Crippen MR) is 135 cm³/mol. The Morgan fingerprint density at radius 3 is 2.68 bits per heavy atom. The van der Waals surface area contributed by atoms with Crippen molar-refractivity contribution in [3.8, 4) is 16.2 Å². The van der Waals surface area contributed by atoms with Crippen LogP contribution in [0, 0.1) is 0 Å². The molecular weight excluding hydrogens is 448 g/mol. The molecule has 0 spiro atoms. The van der Waals surface area contributed by atoms with Gasteiger partial charge in [0.1, 0.15) is 5.56 Å². The van der Waals surface area contributed by atoms with Gasteiger partial charge in [0.05, 0.1) is 18.0 Å². The standard InChI is InChI=1S/C27H30N2O4S/c1-33-26-18(9-10-19-24(26)29(17-7-8-17)15-21(25(19)30)27(31)32)23-13-20-16(5-4-6-22(20)34-23)14-28-11-2-3-12-28/h9-10,13,15-17H,2-8,11-12,14H2,1H3,(H,31,32).